The van der Waals surface area contributed by atoms with Crippen LogP contribution < -0.4 is 4.90 Å². The Kier molecular flexibility index (Phi) is 3.34. The van der Waals surface area contributed by atoms with Crippen molar-refractivity contribution in [3.8, 4) is 11.1 Å². The maximum atomic E-state index is 13.1. The van der Waals surface area contributed by atoms with Gasteiger partial charge in [-0.3, -0.25) is 9.78 Å². The number of benzene rings is 1. The Labute approximate surface area is 136 Å². The number of fused-ring (bicyclic) bond motifs is 1. The first-order valence-electron chi connectivity index (χ1n) is 7.44. The molecule has 1 aromatic carbocycles. The van der Waals surface area contributed by atoms with Gasteiger partial charge in [0.05, 0.1) is 17.8 Å². The average molecular weight is 324 g/mol. The monoisotopic (exact) mass is 324 g/mol. The van der Waals surface area contributed by atoms with Crippen molar-refractivity contribution in [3.63, 3.8) is 0 Å². The third-order valence-corrected chi connectivity index (χ3v) is 3.90. The van der Waals surface area contributed by atoms with Crippen LogP contribution in [0.2, 0.25) is 0 Å². The highest BCUT2D eigenvalue weighted by Gasteiger charge is 2.30. The van der Waals surface area contributed by atoms with Gasteiger partial charge in [0.25, 0.3) is 0 Å². The first-order valence-corrected chi connectivity index (χ1v) is 7.44. The quantitative estimate of drug-likeness (QED) is 0.740. The predicted octanol–water partition coefficient (Wildman–Crippen LogP) is 2.67. The lowest BCUT2D eigenvalue weighted by molar-refractivity contribution is -0.117. The molecule has 7 heteroatoms. The number of hydrogen-bond donors (Lipinski definition) is 0. The minimum absolute atomic E-state index is 0.0652. The molecule has 0 atom stereocenters. The van der Waals surface area contributed by atoms with Gasteiger partial charge in [0, 0.05) is 11.8 Å². The van der Waals surface area contributed by atoms with E-state index < -0.39 is 0 Å². The summed E-state index contributed by atoms with van der Waals surface area (Å²) in [5.41, 5.74) is 3.08. The Morgan fingerprint density at radius 3 is 2.75 bits per heavy atom. The van der Waals surface area contributed by atoms with Crippen LogP contribution in [0.1, 0.15) is 17.4 Å². The van der Waals surface area contributed by atoms with Crippen molar-refractivity contribution in [2.24, 2.45) is 0 Å². The van der Waals surface area contributed by atoms with E-state index in [0.717, 1.165) is 16.8 Å². The van der Waals surface area contributed by atoms with Crippen LogP contribution in [0, 0.1) is 12.7 Å². The van der Waals surface area contributed by atoms with Gasteiger partial charge in [-0.25, -0.2) is 4.39 Å². The fraction of sp³-hybridized carbons (Fsp3) is 0.176. The molecule has 0 unspecified atom stereocenters. The van der Waals surface area contributed by atoms with Gasteiger partial charge in [-0.1, -0.05) is 17.3 Å². The molecule has 0 bridgehead atoms. The van der Waals surface area contributed by atoms with E-state index in [1.165, 1.54) is 12.1 Å². The molecular formula is C17H13FN4O2. The third-order valence-electron chi connectivity index (χ3n) is 3.90. The second kappa shape index (κ2) is 5.52. The number of amides is 1. The molecule has 0 saturated heterocycles. The Balaban J connectivity index is 1.69. The summed E-state index contributed by atoms with van der Waals surface area (Å²) in [5.74, 6) is 0.539. The zero-order chi connectivity index (χ0) is 16.7. The van der Waals surface area contributed by atoms with Crippen molar-refractivity contribution >= 4 is 11.6 Å². The van der Waals surface area contributed by atoms with Gasteiger partial charge in [0.1, 0.15) is 12.4 Å². The highest BCUT2D eigenvalue weighted by Crippen LogP contribution is 2.32. The molecule has 4 rings (SSSR count). The van der Waals surface area contributed by atoms with Gasteiger partial charge < -0.3 is 9.42 Å². The number of carbonyl (C=O) groups excluding carboxylic acids is 1. The van der Waals surface area contributed by atoms with Crippen molar-refractivity contribution in [1.82, 2.24) is 15.1 Å². The van der Waals surface area contributed by atoms with Crippen LogP contribution in [0.25, 0.3) is 11.1 Å². The van der Waals surface area contributed by atoms with Gasteiger partial charge in [0.15, 0.2) is 5.82 Å². The molecule has 3 heterocycles. The van der Waals surface area contributed by atoms with Crippen LogP contribution in [0.15, 0.2) is 41.1 Å². The minimum atomic E-state index is -0.295. The second-order valence-electron chi connectivity index (χ2n) is 5.59. The average Bonchev–Trinajstić information content (AvgIpc) is 3.12. The van der Waals surface area contributed by atoms with Gasteiger partial charge >= 0.3 is 0 Å². The fourth-order valence-electron chi connectivity index (χ4n) is 2.74. The highest BCUT2D eigenvalue weighted by atomic mass is 19.1. The summed E-state index contributed by atoms with van der Waals surface area (Å²) in [7, 11) is 0. The zero-order valence-corrected chi connectivity index (χ0v) is 12.9. The molecule has 0 N–H and O–H groups in total. The Bertz CT molecular complexity index is 921. The molecule has 1 amide bonds. The smallest absolute Gasteiger partial charge is 0.246 e. The van der Waals surface area contributed by atoms with Crippen LogP contribution in [0.3, 0.4) is 0 Å². The minimum Gasteiger partial charge on any atom is -0.337 e. The van der Waals surface area contributed by atoms with Crippen LogP contribution in [-0.2, 0) is 17.8 Å². The summed E-state index contributed by atoms with van der Waals surface area (Å²) in [6, 6.07) is 8.03. The zero-order valence-electron chi connectivity index (χ0n) is 12.9. The largest absolute Gasteiger partial charge is 0.337 e. The van der Waals surface area contributed by atoms with Crippen molar-refractivity contribution < 1.29 is 13.7 Å². The van der Waals surface area contributed by atoms with E-state index in [1.54, 1.807) is 30.2 Å². The number of anilines is 1. The highest BCUT2D eigenvalue weighted by molar-refractivity contribution is 6.01. The molecule has 6 nitrogen and oxygen atoms in total. The molecule has 1 aliphatic rings. The summed E-state index contributed by atoms with van der Waals surface area (Å²) >= 11 is 0. The van der Waals surface area contributed by atoms with E-state index in [-0.39, 0.29) is 24.7 Å². The molecule has 2 aromatic heterocycles. The van der Waals surface area contributed by atoms with Crippen molar-refractivity contribution in [2.45, 2.75) is 19.9 Å². The van der Waals surface area contributed by atoms with Crippen LogP contribution in [0.4, 0.5) is 10.1 Å². The van der Waals surface area contributed by atoms with E-state index in [9.17, 15) is 9.18 Å². The molecule has 3 aromatic rings. The number of pyridine rings is 1. The topological polar surface area (TPSA) is 72.1 Å². The number of hydrogen-bond acceptors (Lipinski definition) is 5. The van der Waals surface area contributed by atoms with Crippen molar-refractivity contribution in [1.29, 1.82) is 0 Å². The van der Waals surface area contributed by atoms with E-state index in [0.29, 0.717) is 17.4 Å². The molecule has 0 radical (unpaired) electrons. The summed E-state index contributed by atoms with van der Waals surface area (Å²) in [6.07, 6.45) is 1.94. The van der Waals surface area contributed by atoms with E-state index >= 15 is 0 Å². The first-order chi connectivity index (χ1) is 11.6. The normalized spacial score (nSPS) is 13.4. The SMILES string of the molecule is Cc1noc(CN2C(=O)Cc3ncc(-c4ccc(F)cc4)cc32)n1. The van der Waals surface area contributed by atoms with E-state index in [4.69, 9.17) is 4.52 Å². The standard InChI is InChI=1S/C17H13FN4O2/c1-10-20-16(24-21-10)9-22-15-6-12(8-19-14(15)7-17(22)23)11-2-4-13(18)5-3-11/h2-6,8H,7,9H2,1H3. The molecular weight excluding hydrogens is 311 g/mol. The van der Waals surface area contributed by atoms with E-state index in [1.807, 2.05) is 6.07 Å². The van der Waals surface area contributed by atoms with Gasteiger partial charge in [-0.15, -0.1) is 0 Å². The first kappa shape index (κ1) is 14.5. The molecule has 24 heavy (non-hydrogen) atoms. The lowest BCUT2D eigenvalue weighted by atomic mass is 10.1. The van der Waals surface area contributed by atoms with Gasteiger partial charge in [-0.05, 0) is 30.7 Å². The lowest BCUT2D eigenvalue weighted by Crippen LogP contribution is -2.26. The van der Waals surface area contributed by atoms with Crippen molar-refractivity contribution in [3.05, 3.63) is 59.8 Å². The maximum absolute atomic E-state index is 13.1. The van der Waals surface area contributed by atoms with Gasteiger partial charge in [-0.2, -0.15) is 4.98 Å². The summed E-state index contributed by atoms with van der Waals surface area (Å²) in [4.78, 5) is 22.4. The number of rotatable bonds is 3. The number of carbonyl (C=O) groups is 1. The molecule has 1 aliphatic heterocycles. The summed E-state index contributed by atoms with van der Waals surface area (Å²) in [5, 5.41) is 3.74. The molecule has 0 fully saturated rings. The Morgan fingerprint density at radius 2 is 2.04 bits per heavy atom. The predicted molar refractivity (Wildman–Crippen MR) is 83.6 cm³/mol. The Morgan fingerprint density at radius 1 is 1.25 bits per heavy atom. The summed E-state index contributed by atoms with van der Waals surface area (Å²) < 4.78 is 18.2. The van der Waals surface area contributed by atoms with Crippen LogP contribution in [-0.4, -0.2) is 21.0 Å². The number of halogens is 1. The lowest BCUT2D eigenvalue weighted by Gasteiger charge is -2.15. The number of aryl methyl sites for hydroxylation is 1. The summed E-state index contributed by atoms with van der Waals surface area (Å²) in [6.45, 7) is 1.93. The molecule has 0 spiro atoms. The molecule has 0 aliphatic carbocycles. The third kappa shape index (κ3) is 2.54. The fourth-order valence-corrected chi connectivity index (χ4v) is 2.74. The number of nitrogens with zero attached hydrogens (tertiary/aromatic N) is 4. The van der Waals surface area contributed by atoms with E-state index in [2.05, 4.69) is 15.1 Å². The molecule has 120 valence electrons. The second-order valence-corrected chi connectivity index (χ2v) is 5.59. The van der Waals surface area contributed by atoms with Gasteiger partial charge in [0.2, 0.25) is 11.8 Å². The van der Waals surface area contributed by atoms with Crippen LogP contribution in [0.5, 0.6) is 0 Å². The van der Waals surface area contributed by atoms with Crippen molar-refractivity contribution in [2.75, 3.05) is 4.90 Å². The maximum Gasteiger partial charge on any atom is 0.246 e. The van der Waals surface area contributed by atoms with Crippen LogP contribution >= 0.6 is 0 Å². The number of aromatic nitrogens is 3. The Hall–Kier alpha value is -3.09. The molecule has 0 saturated carbocycles.